The topological polar surface area (TPSA) is 20.2 Å². The molecule has 0 aliphatic carbocycles. The number of rotatable bonds is 3. The SMILES string of the molecule is OCCC(F)(F)c1ccc(Br)c(Cl)c1. The summed E-state index contributed by atoms with van der Waals surface area (Å²) in [5.41, 5.74) is -0.181. The molecule has 0 saturated heterocycles. The van der Waals surface area contributed by atoms with Crippen LogP contribution in [0.5, 0.6) is 0 Å². The zero-order valence-electron chi connectivity index (χ0n) is 7.11. The maximum absolute atomic E-state index is 13.2. The van der Waals surface area contributed by atoms with Gasteiger partial charge in [-0.1, -0.05) is 17.7 Å². The highest BCUT2D eigenvalue weighted by atomic mass is 79.9. The van der Waals surface area contributed by atoms with Gasteiger partial charge in [-0.2, -0.15) is 0 Å². The Bertz CT molecular complexity index is 331. The smallest absolute Gasteiger partial charge is 0.275 e. The van der Waals surface area contributed by atoms with Crippen molar-refractivity contribution in [1.29, 1.82) is 0 Å². The van der Waals surface area contributed by atoms with E-state index < -0.39 is 19.0 Å². The van der Waals surface area contributed by atoms with Gasteiger partial charge in [-0.3, -0.25) is 0 Å². The van der Waals surface area contributed by atoms with Gasteiger partial charge in [0.1, 0.15) is 0 Å². The lowest BCUT2D eigenvalue weighted by molar-refractivity contribution is -0.0269. The van der Waals surface area contributed by atoms with Crippen molar-refractivity contribution in [2.75, 3.05) is 6.61 Å². The molecule has 0 radical (unpaired) electrons. The third-order valence-electron chi connectivity index (χ3n) is 1.77. The van der Waals surface area contributed by atoms with Crippen LogP contribution in [-0.4, -0.2) is 11.7 Å². The second-order valence-corrected chi connectivity index (χ2v) is 4.07. The third kappa shape index (κ3) is 2.65. The second kappa shape index (κ2) is 4.55. The molecule has 1 N–H and O–H groups in total. The number of alkyl halides is 2. The summed E-state index contributed by atoms with van der Waals surface area (Å²) in [7, 11) is 0. The van der Waals surface area contributed by atoms with E-state index in [1.165, 1.54) is 18.2 Å². The first-order valence-electron chi connectivity index (χ1n) is 3.91. The fourth-order valence-corrected chi connectivity index (χ4v) is 1.44. The lowest BCUT2D eigenvalue weighted by Gasteiger charge is -2.15. The lowest BCUT2D eigenvalue weighted by atomic mass is 10.1. The Morgan fingerprint density at radius 2 is 2.07 bits per heavy atom. The van der Waals surface area contributed by atoms with Crippen molar-refractivity contribution < 1.29 is 13.9 Å². The minimum Gasteiger partial charge on any atom is -0.396 e. The number of aliphatic hydroxyl groups excluding tert-OH is 1. The zero-order chi connectivity index (χ0) is 10.8. The standard InChI is InChI=1S/C9H8BrClF2O/c10-7-2-1-6(5-8(7)11)9(12,13)3-4-14/h1-2,5,14H,3-4H2. The zero-order valence-corrected chi connectivity index (χ0v) is 9.45. The number of hydrogen-bond donors (Lipinski definition) is 1. The van der Waals surface area contributed by atoms with Crippen molar-refractivity contribution in [2.24, 2.45) is 0 Å². The molecule has 1 rings (SSSR count). The van der Waals surface area contributed by atoms with Crippen molar-refractivity contribution in [3.8, 4) is 0 Å². The molecule has 0 fully saturated rings. The number of aliphatic hydroxyl groups is 1. The summed E-state index contributed by atoms with van der Waals surface area (Å²) in [6, 6.07) is 3.94. The lowest BCUT2D eigenvalue weighted by Crippen LogP contribution is -2.15. The van der Waals surface area contributed by atoms with Gasteiger partial charge in [0.05, 0.1) is 5.02 Å². The predicted molar refractivity (Wildman–Crippen MR) is 54.7 cm³/mol. The van der Waals surface area contributed by atoms with Crippen LogP contribution in [0.1, 0.15) is 12.0 Å². The average molecular weight is 286 g/mol. The van der Waals surface area contributed by atoms with E-state index in [1.54, 1.807) is 0 Å². The Balaban J connectivity index is 3.01. The first-order chi connectivity index (χ1) is 6.47. The van der Waals surface area contributed by atoms with Gasteiger partial charge >= 0.3 is 0 Å². The van der Waals surface area contributed by atoms with Gasteiger partial charge in [0.15, 0.2) is 0 Å². The molecule has 0 bridgehead atoms. The second-order valence-electron chi connectivity index (χ2n) is 2.81. The normalized spacial score (nSPS) is 11.8. The van der Waals surface area contributed by atoms with Crippen LogP contribution in [0.2, 0.25) is 5.02 Å². The van der Waals surface area contributed by atoms with Crippen LogP contribution >= 0.6 is 27.5 Å². The van der Waals surface area contributed by atoms with E-state index in [0.29, 0.717) is 4.47 Å². The maximum Gasteiger partial charge on any atom is 0.275 e. The van der Waals surface area contributed by atoms with E-state index in [9.17, 15) is 8.78 Å². The molecule has 1 aromatic carbocycles. The highest BCUT2D eigenvalue weighted by Crippen LogP contribution is 2.34. The Hall–Kier alpha value is -0.190. The molecule has 0 unspecified atom stereocenters. The van der Waals surface area contributed by atoms with Crippen molar-refractivity contribution in [3.05, 3.63) is 33.3 Å². The molecule has 0 atom stereocenters. The van der Waals surface area contributed by atoms with Crippen LogP contribution in [0, 0.1) is 0 Å². The number of benzene rings is 1. The molecule has 14 heavy (non-hydrogen) atoms. The summed E-state index contributed by atoms with van der Waals surface area (Å²) in [6.07, 6.45) is -0.592. The van der Waals surface area contributed by atoms with Crippen LogP contribution in [0.15, 0.2) is 22.7 Å². The maximum atomic E-state index is 13.2. The summed E-state index contributed by atoms with van der Waals surface area (Å²) >= 11 is 8.79. The van der Waals surface area contributed by atoms with Crippen molar-refractivity contribution in [2.45, 2.75) is 12.3 Å². The van der Waals surface area contributed by atoms with Crippen LogP contribution in [-0.2, 0) is 5.92 Å². The first kappa shape index (κ1) is 11.9. The van der Waals surface area contributed by atoms with E-state index in [1.807, 2.05) is 0 Å². The molecule has 78 valence electrons. The van der Waals surface area contributed by atoms with E-state index in [-0.39, 0.29) is 10.6 Å². The Morgan fingerprint density at radius 1 is 1.43 bits per heavy atom. The minimum absolute atomic E-state index is 0.181. The summed E-state index contributed by atoms with van der Waals surface area (Å²) in [5.74, 6) is -3.03. The molecule has 0 aliphatic rings. The van der Waals surface area contributed by atoms with Crippen molar-refractivity contribution in [3.63, 3.8) is 0 Å². The van der Waals surface area contributed by atoms with Crippen LogP contribution < -0.4 is 0 Å². The summed E-state index contributed by atoms with van der Waals surface area (Å²) in [5, 5.41) is 8.70. The highest BCUT2D eigenvalue weighted by Gasteiger charge is 2.30. The molecular weight excluding hydrogens is 277 g/mol. The Kier molecular flexibility index (Phi) is 3.86. The quantitative estimate of drug-likeness (QED) is 0.900. The van der Waals surface area contributed by atoms with Crippen molar-refractivity contribution in [1.82, 2.24) is 0 Å². The van der Waals surface area contributed by atoms with Gasteiger partial charge in [-0.25, -0.2) is 8.78 Å². The van der Waals surface area contributed by atoms with E-state index in [4.69, 9.17) is 16.7 Å². The highest BCUT2D eigenvalue weighted by molar-refractivity contribution is 9.10. The van der Waals surface area contributed by atoms with Gasteiger partial charge in [0.2, 0.25) is 0 Å². The number of hydrogen-bond acceptors (Lipinski definition) is 1. The fraction of sp³-hybridized carbons (Fsp3) is 0.333. The van der Waals surface area contributed by atoms with Gasteiger partial charge in [0.25, 0.3) is 5.92 Å². The molecule has 0 spiro atoms. The third-order valence-corrected chi connectivity index (χ3v) is 3.00. The molecule has 0 amide bonds. The average Bonchev–Trinajstić information content (AvgIpc) is 2.09. The number of halogens is 4. The van der Waals surface area contributed by atoms with Crippen molar-refractivity contribution >= 4 is 27.5 Å². The molecule has 0 heterocycles. The summed E-state index contributed by atoms with van der Waals surface area (Å²) in [4.78, 5) is 0. The summed E-state index contributed by atoms with van der Waals surface area (Å²) in [6.45, 7) is -0.555. The fourth-order valence-electron chi connectivity index (χ4n) is 1.01. The molecule has 0 aromatic heterocycles. The molecule has 1 aromatic rings. The monoisotopic (exact) mass is 284 g/mol. The van der Waals surface area contributed by atoms with Crippen LogP contribution in [0.4, 0.5) is 8.78 Å². The molecule has 1 nitrogen and oxygen atoms in total. The van der Waals surface area contributed by atoms with Gasteiger partial charge in [-0.15, -0.1) is 0 Å². The Labute approximate surface area is 93.8 Å². The van der Waals surface area contributed by atoms with E-state index in [2.05, 4.69) is 15.9 Å². The molecular formula is C9H8BrClF2O. The van der Waals surface area contributed by atoms with Crippen LogP contribution in [0.3, 0.4) is 0 Å². The van der Waals surface area contributed by atoms with E-state index >= 15 is 0 Å². The van der Waals surface area contributed by atoms with Gasteiger partial charge < -0.3 is 5.11 Å². The van der Waals surface area contributed by atoms with E-state index in [0.717, 1.165) is 0 Å². The van der Waals surface area contributed by atoms with Crippen LogP contribution in [0.25, 0.3) is 0 Å². The van der Waals surface area contributed by atoms with Gasteiger partial charge in [-0.05, 0) is 28.1 Å². The van der Waals surface area contributed by atoms with Gasteiger partial charge in [0, 0.05) is 23.1 Å². The Morgan fingerprint density at radius 3 is 2.57 bits per heavy atom. The molecule has 0 aliphatic heterocycles. The largest absolute Gasteiger partial charge is 0.396 e. The molecule has 5 heteroatoms. The first-order valence-corrected chi connectivity index (χ1v) is 5.08. The summed E-state index contributed by atoms with van der Waals surface area (Å²) < 4.78 is 27.0. The predicted octanol–water partition coefficient (Wildman–Crippen LogP) is 3.58. The minimum atomic E-state index is -3.03. The molecule has 0 saturated carbocycles.